The molecule has 2 N–H and O–H groups in total. The Morgan fingerprint density at radius 1 is 1.32 bits per heavy atom. The fourth-order valence-corrected chi connectivity index (χ4v) is 2.29. The van der Waals surface area contributed by atoms with E-state index in [-0.39, 0.29) is 18.0 Å². The van der Waals surface area contributed by atoms with Gasteiger partial charge in [-0.1, -0.05) is 6.07 Å². The minimum Gasteiger partial charge on any atom is -0.493 e. The van der Waals surface area contributed by atoms with E-state index in [2.05, 4.69) is 17.6 Å². The van der Waals surface area contributed by atoms with Crippen LogP contribution in [0.1, 0.15) is 24.9 Å². The lowest BCUT2D eigenvalue weighted by atomic mass is 10.1. The van der Waals surface area contributed by atoms with Crippen molar-refractivity contribution in [1.82, 2.24) is 10.6 Å². The highest BCUT2D eigenvalue weighted by atomic mass is 16.5. The summed E-state index contributed by atoms with van der Waals surface area (Å²) in [5.41, 5.74) is 1.11. The van der Waals surface area contributed by atoms with Crippen molar-refractivity contribution in [3.63, 3.8) is 0 Å². The van der Waals surface area contributed by atoms with Crippen LogP contribution in [0.4, 0.5) is 0 Å². The van der Waals surface area contributed by atoms with Gasteiger partial charge in [0.25, 0.3) is 0 Å². The topological polar surface area (TPSA) is 59.6 Å². The second kappa shape index (κ2) is 5.93. The van der Waals surface area contributed by atoms with Crippen LogP contribution in [0.5, 0.6) is 11.5 Å². The van der Waals surface area contributed by atoms with Gasteiger partial charge in [-0.15, -0.1) is 0 Å². The van der Waals surface area contributed by atoms with Gasteiger partial charge in [-0.05, 0) is 24.6 Å². The van der Waals surface area contributed by atoms with E-state index in [9.17, 15) is 4.79 Å². The third-order valence-corrected chi connectivity index (χ3v) is 3.37. The van der Waals surface area contributed by atoms with Gasteiger partial charge in [0, 0.05) is 25.0 Å². The van der Waals surface area contributed by atoms with Gasteiger partial charge in [0.05, 0.1) is 14.2 Å². The molecule has 5 nitrogen and oxygen atoms in total. The van der Waals surface area contributed by atoms with E-state index in [1.54, 1.807) is 14.2 Å². The summed E-state index contributed by atoms with van der Waals surface area (Å²) in [5, 5.41) is 6.26. The predicted octanol–water partition coefficient (Wildman–Crippen LogP) is 1.24. The normalized spacial score (nSPS) is 19.9. The quantitative estimate of drug-likeness (QED) is 0.840. The number of carbonyl (C=O) groups excluding carboxylic acids is 1. The third kappa shape index (κ3) is 3.17. The van der Waals surface area contributed by atoms with Gasteiger partial charge in [-0.2, -0.15) is 0 Å². The molecule has 5 heteroatoms. The highest BCUT2D eigenvalue weighted by Gasteiger charge is 2.23. The van der Waals surface area contributed by atoms with Crippen molar-refractivity contribution in [3.8, 4) is 11.5 Å². The second-order valence-corrected chi connectivity index (χ2v) is 4.71. The Bertz CT molecular complexity index is 462. The number of carbonyl (C=O) groups is 1. The number of amides is 1. The molecule has 104 valence electrons. The van der Waals surface area contributed by atoms with Crippen LogP contribution in [0.25, 0.3) is 0 Å². The minimum atomic E-state index is 0.108. The standard InChI is InChI=1S/C14H20N2O3/c1-9(16-11-7-14(17)15-8-11)10-4-5-12(18-2)13(6-10)19-3/h4-6,9,11,16H,7-8H2,1-3H3,(H,15,17). The molecule has 1 aromatic carbocycles. The van der Waals surface area contributed by atoms with Crippen molar-refractivity contribution in [1.29, 1.82) is 0 Å². The molecule has 19 heavy (non-hydrogen) atoms. The summed E-state index contributed by atoms with van der Waals surface area (Å²) in [6.07, 6.45) is 0.539. The van der Waals surface area contributed by atoms with E-state index in [4.69, 9.17) is 9.47 Å². The van der Waals surface area contributed by atoms with Gasteiger partial charge in [0.2, 0.25) is 5.91 Å². The summed E-state index contributed by atoms with van der Waals surface area (Å²) in [4.78, 5) is 11.2. The number of rotatable bonds is 5. The monoisotopic (exact) mass is 264 g/mol. The van der Waals surface area contributed by atoms with Crippen molar-refractivity contribution in [2.75, 3.05) is 20.8 Å². The summed E-state index contributed by atoms with van der Waals surface area (Å²) in [6.45, 7) is 2.76. The van der Waals surface area contributed by atoms with Crippen LogP contribution in [0.3, 0.4) is 0 Å². The number of hydrogen-bond acceptors (Lipinski definition) is 4. The van der Waals surface area contributed by atoms with Crippen LogP contribution in [0.15, 0.2) is 18.2 Å². The molecule has 0 radical (unpaired) electrons. The molecule has 1 amide bonds. The average Bonchev–Trinajstić information content (AvgIpc) is 2.83. The summed E-state index contributed by atoms with van der Waals surface area (Å²) in [7, 11) is 3.24. The lowest BCUT2D eigenvalue weighted by molar-refractivity contribution is -0.119. The van der Waals surface area contributed by atoms with Crippen molar-refractivity contribution >= 4 is 5.91 Å². The van der Waals surface area contributed by atoms with Crippen molar-refractivity contribution in [2.24, 2.45) is 0 Å². The summed E-state index contributed by atoms with van der Waals surface area (Å²) < 4.78 is 10.5. The van der Waals surface area contributed by atoms with E-state index in [1.807, 2.05) is 18.2 Å². The molecule has 0 aromatic heterocycles. The first-order chi connectivity index (χ1) is 9.13. The maximum Gasteiger partial charge on any atom is 0.221 e. The van der Waals surface area contributed by atoms with Gasteiger partial charge in [0.1, 0.15) is 0 Å². The lowest BCUT2D eigenvalue weighted by Gasteiger charge is -2.19. The second-order valence-electron chi connectivity index (χ2n) is 4.71. The van der Waals surface area contributed by atoms with Crippen molar-refractivity contribution in [3.05, 3.63) is 23.8 Å². The summed E-state index contributed by atoms with van der Waals surface area (Å²) in [5.74, 6) is 1.54. The Balaban J connectivity index is 2.06. The Kier molecular flexibility index (Phi) is 4.27. The van der Waals surface area contributed by atoms with Crippen LogP contribution >= 0.6 is 0 Å². The van der Waals surface area contributed by atoms with E-state index in [1.165, 1.54) is 0 Å². The lowest BCUT2D eigenvalue weighted by Crippen LogP contribution is -2.33. The molecule has 2 atom stereocenters. The molecule has 0 aliphatic carbocycles. The molecular formula is C14H20N2O3. The van der Waals surface area contributed by atoms with Gasteiger partial charge >= 0.3 is 0 Å². The minimum absolute atomic E-state index is 0.108. The fourth-order valence-electron chi connectivity index (χ4n) is 2.29. The number of methoxy groups -OCH3 is 2. The maximum atomic E-state index is 11.2. The number of ether oxygens (including phenoxy) is 2. The first-order valence-electron chi connectivity index (χ1n) is 6.38. The largest absolute Gasteiger partial charge is 0.493 e. The van der Waals surface area contributed by atoms with E-state index in [0.29, 0.717) is 18.7 Å². The van der Waals surface area contributed by atoms with Crippen LogP contribution in [-0.2, 0) is 4.79 Å². The summed E-state index contributed by atoms with van der Waals surface area (Å²) in [6, 6.07) is 6.20. The SMILES string of the molecule is COc1ccc(C(C)NC2CNC(=O)C2)cc1OC. The molecule has 1 aromatic rings. The predicted molar refractivity (Wildman–Crippen MR) is 72.5 cm³/mol. The van der Waals surface area contributed by atoms with Crippen LogP contribution in [0.2, 0.25) is 0 Å². The third-order valence-electron chi connectivity index (χ3n) is 3.37. The van der Waals surface area contributed by atoms with E-state index >= 15 is 0 Å². The zero-order valence-corrected chi connectivity index (χ0v) is 11.5. The zero-order valence-electron chi connectivity index (χ0n) is 11.5. The number of benzene rings is 1. The van der Waals surface area contributed by atoms with Crippen LogP contribution < -0.4 is 20.1 Å². The molecule has 0 bridgehead atoms. The number of hydrogen-bond donors (Lipinski definition) is 2. The van der Waals surface area contributed by atoms with Gasteiger partial charge in [-0.3, -0.25) is 4.79 Å². The van der Waals surface area contributed by atoms with Crippen LogP contribution in [-0.4, -0.2) is 32.7 Å². The Labute approximate surface area is 113 Å². The molecule has 2 rings (SSSR count). The van der Waals surface area contributed by atoms with E-state index < -0.39 is 0 Å². The van der Waals surface area contributed by atoms with Gasteiger partial charge in [0.15, 0.2) is 11.5 Å². The molecule has 0 spiro atoms. The molecular weight excluding hydrogens is 244 g/mol. The Morgan fingerprint density at radius 2 is 2.05 bits per heavy atom. The van der Waals surface area contributed by atoms with Crippen LogP contribution in [0, 0.1) is 0 Å². The van der Waals surface area contributed by atoms with Crippen molar-refractivity contribution in [2.45, 2.75) is 25.4 Å². The molecule has 1 aliphatic heterocycles. The molecule has 1 fully saturated rings. The molecule has 2 unspecified atom stereocenters. The first-order valence-corrected chi connectivity index (χ1v) is 6.38. The van der Waals surface area contributed by atoms with Crippen molar-refractivity contribution < 1.29 is 14.3 Å². The Morgan fingerprint density at radius 3 is 2.63 bits per heavy atom. The smallest absolute Gasteiger partial charge is 0.221 e. The Hall–Kier alpha value is -1.75. The highest BCUT2D eigenvalue weighted by molar-refractivity contribution is 5.78. The summed E-state index contributed by atoms with van der Waals surface area (Å²) >= 11 is 0. The molecule has 0 saturated carbocycles. The van der Waals surface area contributed by atoms with E-state index in [0.717, 1.165) is 11.3 Å². The zero-order chi connectivity index (χ0) is 13.8. The first kappa shape index (κ1) is 13.7. The highest BCUT2D eigenvalue weighted by Crippen LogP contribution is 2.30. The molecule has 1 saturated heterocycles. The molecule has 1 heterocycles. The fraction of sp³-hybridized carbons (Fsp3) is 0.500. The number of nitrogens with one attached hydrogen (secondary N) is 2. The van der Waals surface area contributed by atoms with Gasteiger partial charge in [-0.25, -0.2) is 0 Å². The average molecular weight is 264 g/mol. The molecule has 1 aliphatic rings. The van der Waals surface area contributed by atoms with Gasteiger partial charge < -0.3 is 20.1 Å². The maximum absolute atomic E-state index is 11.2.